The Balaban J connectivity index is 2.32. The van der Waals surface area contributed by atoms with Gasteiger partial charge in [-0.1, -0.05) is 18.0 Å². The summed E-state index contributed by atoms with van der Waals surface area (Å²) in [6.07, 6.45) is 2.92. The van der Waals surface area contributed by atoms with Crippen LogP contribution in [0.15, 0.2) is 17.0 Å². The largest absolute Gasteiger partial charge is 0.478 e. The van der Waals surface area contributed by atoms with Gasteiger partial charge in [0.2, 0.25) is 10.0 Å². The fraction of sp³-hybridized carbons (Fsp3) is 0.417. The Bertz CT molecular complexity index is 643. The van der Waals surface area contributed by atoms with Crippen molar-refractivity contribution in [3.63, 3.8) is 0 Å². The highest BCUT2D eigenvalue weighted by Crippen LogP contribution is 2.27. The van der Waals surface area contributed by atoms with Gasteiger partial charge in [0, 0.05) is 11.6 Å². The van der Waals surface area contributed by atoms with Crippen LogP contribution in [0.5, 0.6) is 0 Å². The minimum Gasteiger partial charge on any atom is -0.478 e. The highest BCUT2D eigenvalue weighted by Gasteiger charge is 2.27. The van der Waals surface area contributed by atoms with Crippen molar-refractivity contribution in [2.45, 2.75) is 24.2 Å². The van der Waals surface area contributed by atoms with Gasteiger partial charge in [0.05, 0.1) is 5.56 Å². The molecule has 0 radical (unpaired) electrons. The number of carboxylic acids is 1. The number of hydrogen-bond acceptors (Lipinski definition) is 3. The maximum absolute atomic E-state index is 14.0. The van der Waals surface area contributed by atoms with Gasteiger partial charge < -0.3 is 5.11 Å². The Morgan fingerprint density at radius 2 is 2.10 bits per heavy atom. The van der Waals surface area contributed by atoms with Crippen LogP contribution in [0.3, 0.4) is 0 Å². The van der Waals surface area contributed by atoms with E-state index in [0.717, 1.165) is 31.4 Å². The van der Waals surface area contributed by atoms with Gasteiger partial charge in [-0.25, -0.2) is 22.3 Å². The number of nitrogens with one attached hydrogen (secondary N) is 1. The van der Waals surface area contributed by atoms with E-state index >= 15 is 0 Å². The highest BCUT2D eigenvalue weighted by atomic mass is 35.5. The molecule has 20 heavy (non-hydrogen) atoms. The van der Waals surface area contributed by atoms with Gasteiger partial charge in [0.15, 0.2) is 5.82 Å². The van der Waals surface area contributed by atoms with Gasteiger partial charge in [-0.05, 0) is 30.9 Å². The average Bonchev–Trinajstić information content (AvgIpc) is 2.29. The Labute approximate surface area is 120 Å². The van der Waals surface area contributed by atoms with Crippen molar-refractivity contribution < 1.29 is 22.7 Å². The van der Waals surface area contributed by atoms with E-state index in [-0.39, 0.29) is 17.5 Å². The van der Waals surface area contributed by atoms with Gasteiger partial charge in [-0.3, -0.25) is 0 Å². The van der Waals surface area contributed by atoms with Crippen molar-refractivity contribution in [3.05, 3.63) is 28.5 Å². The van der Waals surface area contributed by atoms with Gasteiger partial charge in [0.1, 0.15) is 4.90 Å². The minimum absolute atomic E-state index is 0.146. The Kier molecular flexibility index (Phi) is 4.31. The third-order valence-electron chi connectivity index (χ3n) is 3.31. The first kappa shape index (κ1) is 15.2. The predicted molar refractivity (Wildman–Crippen MR) is 70.9 cm³/mol. The smallest absolute Gasteiger partial charge is 0.338 e. The van der Waals surface area contributed by atoms with E-state index in [0.29, 0.717) is 0 Å². The molecule has 0 atom stereocenters. The van der Waals surface area contributed by atoms with Gasteiger partial charge in [0.25, 0.3) is 0 Å². The average molecular weight is 322 g/mol. The van der Waals surface area contributed by atoms with Crippen molar-refractivity contribution in [2.24, 2.45) is 5.92 Å². The minimum atomic E-state index is -4.11. The lowest BCUT2D eigenvalue weighted by Gasteiger charge is -2.25. The molecule has 8 heteroatoms. The van der Waals surface area contributed by atoms with Gasteiger partial charge in [-0.2, -0.15) is 0 Å². The van der Waals surface area contributed by atoms with Crippen LogP contribution in [0.1, 0.15) is 29.6 Å². The van der Waals surface area contributed by atoms with Crippen LogP contribution in [-0.2, 0) is 10.0 Å². The number of sulfonamides is 1. The molecule has 0 amide bonds. The lowest BCUT2D eigenvalue weighted by atomic mass is 9.86. The van der Waals surface area contributed by atoms with E-state index in [9.17, 15) is 17.6 Å². The first-order chi connectivity index (χ1) is 9.31. The summed E-state index contributed by atoms with van der Waals surface area (Å²) >= 11 is 5.65. The van der Waals surface area contributed by atoms with E-state index in [1.807, 2.05) is 0 Å². The fourth-order valence-corrected chi connectivity index (χ4v) is 3.44. The van der Waals surface area contributed by atoms with Crippen LogP contribution >= 0.6 is 11.6 Å². The van der Waals surface area contributed by atoms with E-state index in [1.54, 1.807) is 0 Å². The van der Waals surface area contributed by atoms with Crippen molar-refractivity contribution in [2.75, 3.05) is 6.54 Å². The Morgan fingerprint density at radius 3 is 2.60 bits per heavy atom. The van der Waals surface area contributed by atoms with Crippen LogP contribution in [-0.4, -0.2) is 26.0 Å². The second kappa shape index (κ2) is 5.67. The van der Waals surface area contributed by atoms with Crippen molar-refractivity contribution >= 4 is 27.6 Å². The van der Waals surface area contributed by atoms with Crippen LogP contribution in [0.2, 0.25) is 5.02 Å². The van der Waals surface area contributed by atoms with Crippen LogP contribution in [0.25, 0.3) is 0 Å². The normalized spacial score (nSPS) is 15.9. The zero-order valence-electron chi connectivity index (χ0n) is 10.4. The second-order valence-electron chi connectivity index (χ2n) is 4.72. The quantitative estimate of drug-likeness (QED) is 0.871. The molecule has 0 unspecified atom stereocenters. The summed E-state index contributed by atoms with van der Waals surface area (Å²) in [6, 6.07) is 1.79. The summed E-state index contributed by atoms with van der Waals surface area (Å²) in [5.41, 5.74) is -0.762. The summed E-state index contributed by atoms with van der Waals surface area (Å²) < 4.78 is 40.3. The lowest BCUT2D eigenvalue weighted by Crippen LogP contribution is -2.32. The van der Waals surface area contributed by atoms with Crippen molar-refractivity contribution in [3.8, 4) is 0 Å². The molecule has 0 bridgehead atoms. The molecular formula is C12H13ClFNO4S. The number of benzene rings is 1. The van der Waals surface area contributed by atoms with E-state index in [4.69, 9.17) is 16.7 Å². The molecule has 1 aromatic carbocycles. The predicted octanol–water partition coefficient (Wildman–Crippen LogP) is 2.26. The van der Waals surface area contributed by atoms with Crippen LogP contribution < -0.4 is 4.72 Å². The monoisotopic (exact) mass is 321 g/mol. The topological polar surface area (TPSA) is 83.5 Å². The zero-order chi connectivity index (χ0) is 14.9. The summed E-state index contributed by atoms with van der Waals surface area (Å²) in [4.78, 5) is 10.1. The van der Waals surface area contributed by atoms with E-state index in [1.165, 1.54) is 0 Å². The number of aromatic carboxylic acids is 1. The molecule has 1 aliphatic carbocycles. The van der Waals surface area contributed by atoms with Crippen molar-refractivity contribution in [1.82, 2.24) is 4.72 Å². The molecule has 5 nitrogen and oxygen atoms in total. The number of carbonyl (C=O) groups is 1. The fourth-order valence-electron chi connectivity index (χ4n) is 1.92. The van der Waals surface area contributed by atoms with Crippen LogP contribution in [0.4, 0.5) is 4.39 Å². The Hall–Kier alpha value is -1.18. The number of rotatable bonds is 5. The number of carboxylic acid groups (broad SMARTS) is 1. The summed E-state index contributed by atoms with van der Waals surface area (Å²) in [7, 11) is -4.11. The summed E-state index contributed by atoms with van der Waals surface area (Å²) in [5.74, 6) is -2.62. The molecule has 1 saturated carbocycles. The van der Waals surface area contributed by atoms with Crippen molar-refractivity contribution in [1.29, 1.82) is 0 Å². The maximum Gasteiger partial charge on any atom is 0.338 e. The molecule has 2 N–H and O–H groups in total. The molecule has 0 aliphatic heterocycles. The summed E-state index contributed by atoms with van der Waals surface area (Å²) in [5, 5.41) is 8.69. The molecule has 1 fully saturated rings. The third-order valence-corrected chi connectivity index (χ3v) is 4.95. The van der Waals surface area contributed by atoms with E-state index in [2.05, 4.69) is 4.72 Å². The SMILES string of the molecule is O=C(O)c1cc(Cl)cc(S(=O)(=O)NCC2CCC2)c1F. The molecule has 110 valence electrons. The molecule has 0 spiro atoms. The molecule has 1 aliphatic rings. The first-order valence-electron chi connectivity index (χ1n) is 6.03. The van der Waals surface area contributed by atoms with Gasteiger partial charge >= 0.3 is 5.97 Å². The standard InChI is InChI=1S/C12H13ClFNO4S/c13-8-4-9(12(16)17)11(14)10(5-8)20(18,19)15-6-7-2-1-3-7/h4-5,7,15H,1-3,6H2,(H,16,17). The first-order valence-corrected chi connectivity index (χ1v) is 7.89. The zero-order valence-corrected chi connectivity index (χ0v) is 12.0. The molecule has 2 rings (SSSR count). The number of halogens is 2. The molecular weight excluding hydrogens is 309 g/mol. The molecule has 0 aromatic heterocycles. The second-order valence-corrected chi connectivity index (χ2v) is 6.89. The Morgan fingerprint density at radius 1 is 1.45 bits per heavy atom. The molecule has 0 saturated heterocycles. The summed E-state index contributed by atoms with van der Waals surface area (Å²) in [6.45, 7) is 0.219. The maximum atomic E-state index is 14.0. The lowest BCUT2D eigenvalue weighted by molar-refractivity contribution is 0.0691. The third kappa shape index (κ3) is 3.11. The van der Waals surface area contributed by atoms with E-state index < -0.39 is 32.3 Å². The highest BCUT2D eigenvalue weighted by molar-refractivity contribution is 7.89. The van der Waals surface area contributed by atoms with Crippen LogP contribution in [0, 0.1) is 11.7 Å². The number of hydrogen-bond donors (Lipinski definition) is 2. The molecule has 0 heterocycles. The molecule has 1 aromatic rings. The van der Waals surface area contributed by atoms with Gasteiger partial charge in [-0.15, -0.1) is 0 Å².